The molecule has 2 aromatic heterocycles. The number of methoxy groups -OCH3 is 2. The summed E-state index contributed by atoms with van der Waals surface area (Å²) in [5.74, 6) is 1.38. The van der Waals surface area contributed by atoms with Gasteiger partial charge in [-0.1, -0.05) is 23.7 Å². The van der Waals surface area contributed by atoms with Crippen molar-refractivity contribution in [2.24, 2.45) is 0 Å². The number of pyridine rings is 1. The zero-order chi connectivity index (χ0) is 31.6. The molecule has 5 heterocycles. The van der Waals surface area contributed by atoms with Crippen LogP contribution in [0.3, 0.4) is 0 Å². The second-order valence-corrected chi connectivity index (χ2v) is 12.5. The zero-order valence-electron chi connectivity index (χ0n) is 25.9. The van der Waals surface area contributed by atoms with Gasteiger partial charge in [-0.05, 0) is 49.2 Å². The topological polar surface area (TPSA) is 100 Å². The number of fused-ring (bicyclic) bond motifs is 3. The lowest BCUT2D eigenvalue weighted by molar-refractivity contribution is -0.0716. The van der Waals surface area contributed by atoms with Gasteiger partial charge >= 0.3 is 5.97 Å². The molecule has 4 aromatic rings. The minimum Gasteiger partial charge on any atom is -0.494 e. The highest BCUT2D eigenvalue weighted by molar-refractivity contribution is 6.30. The van der Waals surface area contributed by atoms with Crippen LogP contribution in [0.15, 0.2) is 60.4 Å². The van der Waals surface area contributed by atoms with Gasteiger partial charge in [-0.15, -0.1) is 0 Å². The standard InChI is InChI=1S/C34H34ClN5O6/c1-34(29-10-7-21(35)17-36-29)45-27-6-4-5-25(32(27)46-34)39-13-12-38(23-8-9-24(23)39)19-30-37-31-26(40(30)18-22-11-14-44-22)15-20(33(41)43-3)16-28(31)42-2/h4-8,10,15-17,22,24H,9,11-14,18-19H2,1-3H3/t22-,24+,34-/m0/s1. The van der Waals surface area contributed by atoms with Gasteiger partial charge in [-0.25, -0.2) is 9.78 Å². The number of imidazole rings is 1. The van der Waals surface area contributed by atoms with E-state index in [0.29, 0.717) is 40.9 Å². The van der Waals surface area contributed by atoms with Crippen molar-refractivity contribution in [3.8, 4) is 17.2 Å². The van der Waals surface area contributed by atoms with Crippen LogP contribution in [0.2, 0.25) is 5.02 Å². The smallest absolute Gasteiger partial charge is 0.338 e. The molecule has 0 amide bonds. The third-order valence-corrected chi connectivity index (χ3v) is 9.58. The van der Waals surface area contributed by atoms with E-state index in [4.69, 9.17) is 40.3 Å². The number of halogens is 1. The quantitative estimate of drug-likeness (QED) is 0.236. The van der Waals surface area contributed by atoms with Gasteiger partial charge in [0.15, 0.2) is 11.5 Å². The molecule has 0 bridgehead atoms. The van der Waals surface area contributed by atoms with Gasteiger partial charge in [0.25, 0.3) is 5.79 Å². The second-order valence-electron chi connectivity index (χ2n) is 12.1. The molecule has 3 atom stereocenters. The van der Waals surface area contributed by atoms with Crippen LogP contribution in [0.5, 0.6) is 17.2 Å². The van der Waals surface area contributed by atoms with Crippen molar-refractivity contribution in [3.63, 3.8) is 0 Å². The Morgan fingerprint density at radius 3 is 2.72 bits per heavy atom. The predicted molar refractivity (Wildman–Crippen MR) is 171 cm³/mol. The van der Waals surface area contributed by atoms with Crippen LogP contribution in [0.25, 0.3) is 11.0 Å². The molecule has 2 saturated heterocycles. The highest BCUT2D eigenvalue weighted by Crippen LogP contribution is 2.51. The zero-order valence-corrected chi connectivity index (χ0v) is 26.6. The van der Waals surface area contributed by atoms with E-state index in [1.165, 1.54) is 12.8 Å². The summed E-state index contributed by atoms with van der Waals surface area (Å²) in [4.78, 5) is 26.8. The lowest BCUT2D eigenvalue weighted by atomic mass is 9.92. The van der Waals surface area contributed by atoms with E-state index in [-0.39, 0.29) is 12.1 Å². The van der Waals surface area contributed by atoms with Crippen molar-refractivity contribution >= 4 is 34.3 Å². The van der Waals surface area contributed by atoms with Gasteiger partial charge in [-0.3, -0.25) is 4.98 Å². The van der Waals surface area contributed by atoms with Crippen molar-refractivity contribution in [2.75, 3.05) is 38.8 Å². The molecule has 0 unspecified atom stereocenters. The van der Waals surface area contributed by atoms with Crippen molar-refractivity contribution in [1.29, 1.82) is 0 Å². The fourth-order valence-electron chi connectivity index (χ4n) is 6.77. The third kappa shape index (κ3) is 4.72. The van der Waals surface area contributed by atoms with Crippen molar-refractivity contribution in [3.05, 3.63) is 82.5 Å². The number of rotatable bonds is 8. The minimum absolute atomic E-state index is 0.104. The number of para-hydroxylation sites is 1. The van der Waals surface area contributed by atoms with Crippen molar-refractivity contribution in [2.45, 2.75) is 50.8 Å². The third-order valence-electron chi connectivity index (χ3n) is 9.36. The summed E-state index contributed by atoms with van der Waals surface area (Å²) in [5, 5.41) is 0.558. The first-order valence-electron chi connectivity index (χ1n) is 15.5. The molecular weight excluding hydrogens is 610 g/mol. The molecular formula is C34H34ClN5O6. The summed E-state index contributed by atoms with van der Waals surface area (Å²) < 4.78 is 31.5. The van der Waals surface area contributed by atoms with Crippen molar-refractivity contribution in [1.82, 2.24) is 19.4 Å². The SMILES string of the molecule is COC(=O)c1cc(OC)c2nc(CN3CCN(c4cccc5c4O[C@@](C)(c4ccc(Cl)cn4)O5)[C@@H]4CC=C43)n(C[C@@H]3CCO3)c2c1. The molecule has 238 valence electrons. The molecule has 0 N–H and O–H groups in total. The maximum atomic E-state index is 12.5. The summed E-state index contributed by atoms with van der Waals surface area (Å²) in [5.41, 5.74) is 4.88. The van der Waals surface area contributed by atoms with Crippen molar-refractivity contribution < 1.29 is 28.5 Å². The average Bonchev–Trinajstić information content (AvgIpc) is 3.55. The molecule has 2 fully saturated rings. The van der Waals surface area contributed by atoms with Gasteiger partial charge < -0.3 is 38.1 Å². The molecule has 3 aliphatic heterocycles. The molecule has 11 nitrogen and oxygen atoms in total. The van der Waals surface area contributed by atoms with Gasteiger partial charge in [0, 0.05) is 38.5 Å². The van der Waals surface area contributed by atoms with Gasteiger partial charge in [0.2, 0.25) is 0 Å². The number of carbonyl (C=O) groups excluding carboxylic acids is 1. The number of esters is 1. The predicted octanol–water partition coefficient (Wildman–Crippen LogP) is 5.29. The van der Waals surface area contributed by atoms with Crippen LogP contribution >= 0.6 is 11.6 Å². The van der Waals surface area contributed by atoms with E-state index < -0.39 is 11.8 Å². The van der Waals surface area contributed by atoms with E-state index in [9.17, 15) is 4.79 Å². The highest BCUT2D eigenvalue weighted by atomic mass is 35.5. The Morgan fingerprint density at radius 2 is 2.02 bits per heavy atom. The summed E-state index contributed by atoms with van der Waals surface area (Å²) in [6.07, 6.45) is 5.91. The number of anilines is 1. The van der Waals surface area contributed by atoms with E-state index >= 15 is 0 Å². The number of nitrogens with zero attached hydrogens (tertiary/aromatic N) is 5. The van der Waals surface area contributed by atoms with Crippen LogP contribution < -0.4 is 19.1 Å². The van der Waals surface area contributed by atoms with Gasteiger partial charge in [0.1, 0.15) is 22.8 Å². The van der Waals surface area contributed by atoms with Crippen LogP contribution in [0.4, 0.5) is 5.69 Å². The van der Waals surface area contributed by atoms with Gasteiger partial charge in [0.05, 0.1) is 61.2 Å². The minimum atomic E-state index is -1.05. The number of benzene rings is 2. The summed E-state index contributed by atoms with van der Waals surface area (Å²) in [6, 6.07) is 13.4. The highest BCUT2D eigenvalue weighted by Gasteiger charge is 2.44. The first-order valence-corrected chi connectivity index (χ1v) is 15.8. The van der Waals surface area contributed by atoms with E-state index in [1.54, 1.807) is 25.4 Å². The number of hydrogen-bond donors (Lipinski definition) is 0. The van der Waals surface area contributed by atoms with E-state index in [0.717, 1.165) is 60.8 Å². The molecule has 0 spiro atoms. The first-order chi connectivity index (χ1) is 22.3. The number of piperazine rings is 1. The Balaban J connectivity index is 1.07. The lowest BCUT2D eigenvalue weighted by Gasteiger charge is -2.49. The fraction of sp³-hybridized carbons (Fsp3) is 0.382. The van der Waals surface area contributed by atoms with E-state index in [1.807, 2.05) is 31.2 Å². The molecule has 46 heavy (non-hydrogen) atoms. The summed E-state index contributed by atoms with van der Waals surface area (Å²) >= 11 is 6.08. The van der Waals surface area contributed by atoms with Crippen LogP contribution in [-0.4, -0.2) is 71.5 Å². The summed E-state index contributed by atoms with van der Waals surface area (Å²) in [7, 11) is 2.97. The largest absolute Gasteiger partial charge is 0.494 e. The van der Waals surface area contributed by atoms with Crippen LogP contribution in [-0.2, 0) is 28.4 Å². The second kappa shape index (κ2) is 11.1. The van der Waals surface area contributed by atoms with E-state index in [2.05, 4.69) is 31.5 Å². The molecule has 2 aromatic carbocycles. The monoisotopic (exact) mass is 643 g/mol. The molecule has 4 aliphatic rings. The Labute approximate surface area is 271 Å². The Morgan fingerprint density at radius 1 is 1.15 bits per heavy atom. The van der Waals surface area contributed by atoms with Crippen LogP contribution in [0, 0.1) is 0 Å². The van der Waals surface area contributed by atoms with Gasteiger partial charge in [-0.2, -0.15) is 0 Å². The van der Waals surface area contributed by atoms with Crippen LogP contribution in [0.1, 0.15) is 41.6 Å². The Bertz CT molecular complexity index is 1870. The average molecular weight is 644 g/mol. The summed E-state index contributed by atoms with van der Waals surface area (Å²) in [6.45, 7) is 5.48. The number of aromatic nitrogens is 3. The number of ether oxygens (including phenoxy) is 5. The fourth-order valence-corrected chi connectivity index (χ4v) is 6.89. The lowest BCUT2D eigenvalue weighted by Crippen LogP contribution is -2.54. The number of carbonyl (C=O) groups is 1. The molecule has 1 aliphatic carbocycles. The normalized spacial score (nSPS) is 23.0. The Hall–Kier alpha value is -4.48. The molecule has 0 saturated carbocycles. The number of hydrogen-bond acceptors (Lipinski definition) is 10. The maximum absolute atomic E-state index is 12.5. The molecule has 0 radical (unpaired) electrons. The molecule has 8 rings (SSSR count). The Kier molecular flexibility index (Phi) is 6.99. The molecule has 12 heteroatoms. The first kappa shape index (κ1) is 29.0. The maximum Gasteiger partial charge on any atom is 0.338 e.